The molecule has 0 bridgehead atoms. The zero-order valence-electron chi connectivity index (χ0n) is 14.8. The quantitative estimate of drug-likeness (QED) is 0.682. The van der Waals surface area contributed by atoms with Crippen molar-refractivity contribution in [3.63, 3.8) is 0 Å². The topological polar surface area (TPSA) is 108 Å². The minimum atomic E-state index is -0.0598. The van der Waals surface area contributed by atoms with Crippen molar-refractivity contribution in [1.29, 1.82) is 5.26 Å². The third-order valence-corrected chi connectivity index (χ3v) is 4.12. The Labute approximate surface area is 148 Å². The first-order valence-electron chi connectivity index (χ1n) is 8.52. The Morgan fingerprint density at radius 3 is 2.52 bits per heavy atom. The minimum Gasteiger partial charge on any atom is -0.394 e. The summed E-state index contributed by atoms with van der Waals surface area (Å²) in [6.07, 6.45) is 2.88. The van der Waals surface area contributed by atoms with Crippen molar-refractivity contribution >= 4 is 11.8 Å². The third-order valence-electron chi connectivity index (χ3n) is 4.12. The van der Waals surface area contributed by atoms with Crippen LogP contribution in [-0.2, 0) is 12.8 Å². The van der Waals surface area contributed by atoms with Crippen LogP contribution in [-0.4, -0.2) is 27.7 Å². The van der Waals surface area contributed by atoms with Crippen molar-refractivity contribution in [2.75, 3.05) is 17.7 Å². The van der Waals surface area contributed by atoms with E-state index in [1.165, 1.54) is 0 Å². The van der Waals surface area contributed by atoms with E-state index in [0.717, 1.165) is 35.2 Å². The molecule has 1 aromatic carbocycles. The van der Waals surface area contributed by atoms with Gasteiger partial charge in [0.25, 0.3) is 0 Å². The lowest BCUT2D eigenvalue weighted by Crippen LogP contribution is -2.25. The summed E-state index contributed by atoms with van der Waals surface area (Å²) in [6.45, 7) is 4.03. The number of aliphatic hydroxyl groups excluding tert-OH is 1. The smallest absolute Gasteiger partial charge is 0.222 e. The average molecular weight is 339 g/mol. The van der Waals surface area contributed by atoms with Crippen LogP contribution >= 0.6 is 0 Å². The van der Waals surface area contributed by atoms with Crippen molar-refractivity contribution in [3.8, 4) is 6.07 Å². The van der Waals surface area contributed by atoms with E-state index in [1.807, 2.05) is 31.2 Å². The number of nitrogen functional groups attached to an aromatic ring is 1. The number of nitrogens with two attached hydrogens (primary N) is 1. The molecule has 6 nitrogen and oxygen atoms in total. The predicted molar refractivity (Wildman–Crippen MR) is 99.2 cm³/mol. The molecular weight excluding hydrogens is 314 g/mol. The lowest BCUT2D eigenvalue weighted by Gasteiger charge is -2.20. The van der Waals surface area contributed by atoms with Gasteiger partial charge in [0.1, 0.15) is 5.82 Å². The largest absolute Gasteiger partial charge is 0.394 e. The van der Waals surface area contributed by atoms with Gasteiger partial charge in [-0.1, -0.05) is 37.6 Å². The van der Waals surface area contributed by atoms with Gasteiger partial charge in [0.2, 0.25) is 5.95 Å². The highest BCUT2D eigenvalue weighted by Gasteiger charge is 2.15. The first-order chi connectivity index (χ1) is 12.1. The molecule has 0 aliphatic carbocycles. The monoisotopic (exact) mass is 339 g/mol. The van der Waals surface area contributed by atoms with Crippen LogP contribution in [0, 0.1) is 18.3 Å². The molecule has 1 atom stereocenters. The van der Waals surface area contributed by atoms with Crippen molar-refractivity contribution in [2.45, 2.75) is 45.6 Å². The minimum absolute atomic E-state index is 0.0408. The molecule has 25 heavy (non-hydrogen) atoms. The summed E-state index contributed by atoms with van der Waals surface area (Å²) in [7, 11) is 0. The zero-order chi connectivity index (χ0) is 18.2. The van der Waals surface area contributed by atoms with Gasteiger partial charge in [-0.05, 0) is 24.5 Å². The van der Waals surface area contributed by atoms with Crippen LogP contribution < -0.4 is 11.1 Å². The number of aryl methyl sites for hydroxylation is 1. The predicted octanol–water partition coefficient (Wildman–Crippen LogP) is 2.60. The third kappa shape index (κ3) is 5.16. The van der Waals surface area contributed by atoms with E-state index in [-0.39, 0.29) is 18.6 Å². The van der Waals surface area contributed by atoms with Gasteiger partial charge in [-0.15, -0.1) is 0 Å². The number of aromatic nitrogens is 2. The maximum Gasteiger partial charge on any atom is 0.222 e. The van der Waals surface area contributed by atoms with Crippen LogP contribution in [0.1, 0.15) is 42.1 Å². The summed E-state index contributed by atoms with van der Waals surface area (Å²) in [5.74, 6) is 0.903. The second-order valence-corrected chi connectivity index (χ2v) is 6.14. The van der Waals surface area contributed by atoms with Gasteiger partial charge in [0, 0.05) is 17.7 Å². The molecule has 0 amide bonds. The number of hydrogen-bond donors (Lipinski definition) is 3. The molecule has 1 aromatic heterocycles. The number of aliphatic hydroxyl groups is 1. The summed E-state index contributed by atoms with van der Waals surface area (Å²) in [5.41, 5.74) is 9.71. The highest BCUT2D eigenvalue weighted by Crippen LogP contribution is 2.23. The Kier molecular flexibility index (Phi) is 6.72. The van der Waals surface area contributed by atoms with E-state index >= 15 is 0 Å². The number of nitrogens with one attached hydrogen (secondary N) is 1. The number of rotatable bonds is 8. The molecule has 0 radical (unpaired) electrons. The number of hydrogen-bond acceptors (Lipinski definition) is 6. The molecule has 0 spiro atoms. The summed E-state index contributed by atoms with van der Waals surface area (Å²) in [5, 5.41) is 21.6. The van der Waals surface area contributed by atoms with Gasteiger partial charge in [0.15, 0.2) is 0 Å². The van der Waals surface area contributed by atoms with Crippen LogP contribution in [0.2, 0.25) is 0 Å². The molecule has 1 unspecified atom stereocenters. The first-order valence-corrected chi connectivity index (χ1v) is 8.52. The molecule has 6 heteroatoms. The fraction of sp³-hybridized carbons (Fsp3) is 0.421. The fourth-order valence-corrected chi connectivity index (χ4v) is 2.77. The van der Waals surface area contributed by atoms with Crippen LogP contribution in [0.25, 0.3) is 0 Å². The van der Waals surface area contributed by atoms with Crippen LogP contribution in [0.5, 0.6) is 0 Å². The summed E-state index contributed by atoms with van der Waals surface area (Å²) < 4.78 is 0. The van der Waals surface area contributed by atoms with Gasteiger partial charge in [0.05, 0.1) is 25.1 Å². The van der Waals surface area contributed by atoms with Gasteiger partial charge in [-0.3, -0.25) is 0 Å². The van der Waals surface area contributed by atoms with Gasteiger partial charge in [-0.25, -0.2) is 4.98 Å². The molecule has 0 saturated carbocycles. The SMILES string of the molecule is CCCC(CO)Nc1nc(N)nc(C)c1Cc1ccc(CC#N)cc1. The molecule has 0 fully saturated rings. The number of nitriles is 1. The van der Waals surface area contributed by atoms with E-state index in [4.69, 9.17) is 11.0 Å². The maximum absolute atomic E-state index is 9.56. The average Bonchev–Trinajstić information content (AvgIpc) is 2.59. The first kappa shape index (κ1) is 18.7. The molecule has 0 aliphatic rings. The van der Waals surface area contributed by atoms with Crippen molar-refractivity contribution in [3.05, 3.63) is 46.6 Å². The molecular formula is C19H25N5O. The van der Waals surface area contributed by atoms with E-state index in [0.29, 0.717) is 18.7 Å². The number of benzene rings is 1. The Hall–Kier alpha value is -2.65. The standard InChI is InChI=1S/C19H25N5O/c1-3-4-16(12-25)23-18-17(13(2)22-19(21)24-18)11-15-7-5-14(6-8-15)9-10-20/h5-8,16,25H,3-4,9,11-12H2,1-2H3,(H3,21,22,23,24). The van der Waals surface area contributed by atoms with E-state index < -0.39 is 0 Å². The van der Waals surface area contributed by atoms with Crippen molar-refractivity contribution < 1.29 is 5.11 Å². The second kappa shape index (κ2) is 9.00. The maximum atomic E-state index is 9.56. The molecule has 132 valence electrons. The lowest BCUT2D eigenvalue weighted by molar-refractivity contribution is 0.268. The summed E-state index contributed by atoms with van der Waals surface area (Å²) >= 11 is 0. The van der Waals surface area contributed by atoms with E-state index in [2.05, 4.69) is 28.3 Å². The molecule has 2 rings (SSSR count). The van der Waals surface area contributed by atoms with Crippen LogP contribution in [0.4, 0.5) is 11.8 Å². The Balaban J connectivity index is 2.28. The lowest BCUT2D eigenvalue weighted by atomic mass is 10.0. The van der Waals surface area contributed by atoms with Gasteiger partial charge in [-0.2, -0.15) is 10.2 Å². The Bertz CT molecular complexity index is 737. The Morgan fingerprint density at radius 2 is 1.92 bits per heavy atom. The number of nitrogens with zero attached hydrogens (tertiary/aromatic N) is 3. The highest BCUT2D eigenvalue weighted by atomic mass is 16.3. The van der Waals surface area contributed by atoms with Crippen molar-refractivity contribution in [1.82, 2.24) is 9.97 Å². The van der Waals surface area contributed by atoms with Gasteiger partial charge >= 0.3 is 0 Å². The van der Waals surface area contributed by atoms with E-state index in [9.17, 15) is 5.11 Å². The van der Waals surface area contributed by atoms with Crippen LogP contribution in [0.15, 0.2) is 24.3 Å². The molecule has 2 aromatic rings. The Morgan fingerprint density at radius 1 is 1.24 bits per heavy atom. The van der Waals surface area contributed by atoms with Gasteiger partial charge < -0.3 is 16.2 Å². The molecule has 4 N–H and O–H groups in total. The summed E-state index contributed by atoms with van der Waals surface area (Å²) in [6, 6.07) is 10.1. The fourth-order valence-electron chi connectivity index (χ4n) is 2.77. The zero-order valence-corrected chi connectivity index (χ0v) is 14.8. The summed E-state index contributed by atoms with van der Waals surface area (Å²) in [4.78, 5) is 8.63. The molecule has 1 heterocycles. The van der Waals surface area contributed by atoms with Crippen LogP contribution in [0.3, 0.4) is 0 Å². The molecule has 0 aliphatic heterocycles. The van der Waals surface area contributed by atoms with E-state index in [1.54, 1.807) is 0 Å². The van der Waals surface area contributed by atoms with Crippen molar-refractivity contribution in [2.24, 2.45) is 0 Å². The second-order valence-electron chi connectivity index (χ2n) is 6.14. The normalized spacial score (nSPS) is 11.8. The molecule has 0 saturated heterocycles. The number of anilines is 2. The highest BCUT2D eigenvalue weighted by molar-refractivity contribution is 5.52.